The van der Waals surface area contributed by atoms with Gasteiger partial charge in [0.2, 0.25) is 0 Å². The van der Waals surface area contributed by atoms with Crippen LogP contribution in [0.15, 0.2) is 23.1 Å². The van der Waals surface area contributed by atoms with Gasteiger partial charge < -0.3 is 9.47 Å². The normalized spacial score (nSPS) is 11.1. The summed E-state index contributed by atoms with van der Waals surface area (Å²) < 4.78 is 16.7. The summed E-state index contributed by atoms with van der Waals surface area (Å²) in [6, 6.07) is 5.66. The fourth-order valence-corrected chi connectivity index (χ4v) is 4.40. The minimum atomic E-state index is 0.676. The number of ether oxygens (including phenoxy) is 2. The maximum absolute atomic E-state index is 8.42. The largest absolute Gasteiger partial charge is 0.490 e. The van der Waals surface area contributed by atoms with Crippen molar-refractivity contribution >= 4 is 12.0 Å². The predicted octanol–water partition coefficient (Wildman–Crippen LogP) is 9.93. The van der Waals surface area contributed by atoms with Crippen molar-refractivity contribution in [1.29, 1.82) is 0 Å². The lowest BCUT2D eigenvalue weighted by Gasteiger charge is -2.14. The van der Waals surface area contributed by atoms with E-state index < -0.39 is 0 Å². The van der Waals surface area contributed by atoms with Crippen LogP contribution in [0.2, 0.25) is 0 Å². The molecule has 0 aliphatic rings. The lowest BCUT2D eigenvalue weighted by molar-refractivity contribution is -0.432. The molecule has 5 nitrogen and oxygen atoms in total. The van der Waals surface area contributed by atoms with E-state index in [0.29, 0.717) is 13.2 Å². The Hall–Kier alpha value is -0.950. The van der Waals surface area contributed by atoms with Crippen LogP contribution in [0.1, 0.15) is 129 Å². The Balaban J connectivity index is 2.28. The lowest BCUT2D eigenvalue weighted by Crippen LogP contribution is -2.03. The summed E-state index contributed by atoms with van der Waals surface area (Å²) in [6.07, 6.45) is 23.3. The highest BCUT2D eigenvalue weighted by Crippen LogP contribution is 2.33. The highest BCUT2D eigenvalue weighted by atomic mass is 32.2. The van der Waals surface area contributed by atoms with Crippen LogP contribution >= 0.6 is 12.0 Å². The molecule has 0 aliphatic carbocycles. The Morgan fingerprint density at radius 2 is 1.03 bits per heavy atom. The summed E-state index contributed by atoms with van der Waals surface area (Å²) in [5.74, 6) is 1.49. The second-order valence-electron chi connectivity index (χ2n) is 9.19. The van der Waals surface area contributed by atoms with Gasteiger partial charge in [0.25, 0.3) is 0 Å². The first-order valence-electron chi connectivity index (χ1n) is 13.9. The van der Waals surface area contributed by atoms with E-state index in [9.17, 15) is 0 Å². The van der Waals surface area contributed by atoms with Gasteiger partial charge in [-0.15, -0.1) is 4.33 Å². The summed E-state index contributed by atoms with van der Waals surface area (Å²) >= 11 is 0.938. The first-order valence-corrected chi connectivity index (χ1v) is 14.6. The van der Waals surface area contributed by atoms with Gasteiger partial charge in [-0.3, -0.25) is 0 Å². The van der Waals surface area contributed by atoms with Crippen molar-refractivity contribution < 1.29 is 24.1 Å². The van der Waals surface area contributed by atoms with Gasteiger partial charge in [0.1, 0.15) is 0 Å². The highest BCUT2D eigenvalue weighted by Gasteiger charge is 2.09. The SMILES string of the molecule is CCCCCCCCCCCOc1ccc(SOOO)cc1OCCCCCCCCCCC. The Morgan fingerprint density at radius 1 is 0.588 bits per heavy atom. The third-order valence-electron chi connectivity index (χ3n) is 6.09. The molecule has 0 amide bonds. The van der Waals surface area contributed by atoms with E-state index in [2.05, 4.69) is 23.2 Å². The van der Waals surface area contributed by atoms with Gasteiger partial charge in [-0.2, -0.15) is 0 Å². The zero-order valence-electron chi connectivity index (χ0n) is 21.9. The van der Waals surface area contributed by atoms with Crippen molar-refractivity contribution in [3.63, 3.8) is 0 Å². The first-order chi connectivity index (χ1) is 16.8. The quantitative estimate of drug-likeness (QED) is 0.0626. The van der Waals surface area contributed by atoms with E-state index in [1.807, 2.05) is 18.2 Å². The van der Waals surface area contributed by atoms with E-state index >= 15 is 0 Å². The molecule has 0 spiro atoms. The summed E-state index contributed by atoms with van der Waals surface area (Å²) in [5, 5.41) is 12.1. The lowest BCUT2D eigenvalue weighted by atomic mass is 10.1. The minimum Gasteiger partial charge on any atom is -0.490 e. The predicted molar refractivity (Wildman–Crippen MR) is 143 cm³/mol. The van der Waals surface area contributed by atoms with Gasteiger partial charge >= 0.3 is 0 Å². The molecule has 34 heavy (non-hydrogen) atoms. The Bertz CT molecular complexity index is 570. The van der Waals surface area contributed by atoms with Gasteiger partial charge in [-0.05, 0) is 31.0 Å². The zero-order valence-corrected chi connectivity index (χ0v) is 22.7. The van der Waals surface area contributed by atoms with Crippen LogP contribution in [0.4, 0.5) is 0 Å². The van der Waals surface area contributed by atoms with Crippen LogP contribution in [0.25, 0.3) is 0 Å². The molecule has 0 saturated heterocycles. The monoisotopic (exact) mass is 498 g/mol. The Kier molecular flexibility index (Phi) is 21.7. The van der Waals surface area contributed by atoms with Crippen molar-refractivity contribution in [2.75, 3.05) is 13.2 Å². The number of rotatable bonds is 25. The molecule has 0 unspecified atom stereocenters. The standard InChI is InChI=1S/C28H50O5S/c1-3-5-7-9-11-13-15-17-19-23-30-27-22-21-26(34-33-32-29)25-28(27)31-24-20-18-16-14-12-10-8-6-4-2/h21-22,25,29H,3-20,23-24H2,1-2H3. The molecule has 1 rings (SSSR count). The molecule has 1 aromatic carbocycles. The molecule has 0 fully saturated rings. The maximum Gasteiger partial charge on any atom is 0.162 e. The summed E-state index contributed by atoms with van der Waals surface area (Å²) in [4.78, 5) is 0.784. The minimum absolute atomic E-state index is 0.676. The van der Waals surface area contributed by atoms with E-state index in [1.54, 1.807) is 0 Å². The molecule has 0 bridgehead atoms. The molecule has 0 radical (unpaired) electrons. The molecule has 0 saturated carbocycles. The summed E-state index contributed by atoms with van der Waals surface area (Å²) in [6.45, 7) is 5.90. The molecule has 198 valence electrons. The average molecular weight is 499 g/mol. The van der Waals surface area contributed by atoms with Crippen molar-refractivity contribution in [3.05, 3.63) is 18.2 Å². The van der Waals surface area contributed by atoms with Crippen molar-refractivity contribution in [2.45, 2.75) is 134 Å². The van der Waals surface area contributed by atoms with E-state index in [-0.39, 0.29) is 0 Å². The van der Waals surface area contributed by atoms with Gasteiger partial charge in [0, 0.05) is 4.90 Å². The van der Waals surface area contributed by atoms with Gasteiger partial charge in [0.15, 0.2) is 11.5 Å². The van der Waals surface area contributed by atoms with Gasteiger partial charge in [-0.1, -0.05) is 122 Å². The summed E-state index contributed by atoms with van der Waals surface area (Å²) in [5.41, 5.74) is 0. The molecular weight excluding hydrogens is 448 g/mol. The number of unbranched alkanes of at least 4 members (excludes halogenated alkanes) is 16. The second-order valence-corrected chi connectivity index (χ2v) is 9.96. The average Bonchev–Trinajstić information content (AvgIpc) is 2.85. The van der Waals surface area contributed by atoms with Crippen molar-refractivity contribution in [1.82, 2.24) is 0 Å². The summed E-state index contributed by atoms with van der Waals surface area (Å²) in [7, 11) is 0. The smallest absolute Gasteiger partial charge is 0.162 e. The van der Waals surface area contributed by atoms with Crippen LogP contribution < -0.4 is 9.47 Å². The van der Waals surface area contributed by atoms with E-state index in [0.717, 1.165) is 41.3 Å². The van der Waals surface area contributed by atoms with Crippen molar-refractivity contribution in [2.24, 2.45) is 0 Å². The number of benzene rings is 1. The van der Waals surface area contributed by atoms with Crippen LogP contribution in [0, 0.1) is 0 Å². The third-order valence-corrected chi connectivity index (χ3v) is 6.66. The van der Waals surface area contributed by atoms with Crippen LogP contribution in [-0.4, -0.2) is 18.5 Å². The number of hydrogen-bond donors (Lipinski definition) is 1. The zero-order chi connectivity index (χ0) is 24.5. The Labute approximate surface area is 213 Å². The van der Waals surface area contributed by atoms with Gasteiger partial charge in [-0.25, -0.2) is 5.26 Å². The molecule has 1 N–H and O–H groups in total. The Morgan fingerprint density at radius 3 is 1.50 bits per heavy atom. The third kappa shape index (κ3) is 17.5. The topological polar surface area (TPSA) is 57.2 Å². The number of hydrogen-bond acceptors (Lipinski definition) is 6. The fourth-order valence-electron chi connectivity index (χ4n) is 4.02. The van der Waals surface area contributed by atoms with Gasteiger partial charge in [0.05, 0.1) is 25.3 Å². The molecule has 0 aromatic heterocycles. The molecule has 6 heteroatoms. The molecule has 0 heterocycles. The van der Waals surface area contributed by atoms with Crippen molar-refractivity contribution in [3.8, 4) is 11.5 Å². The molecular formula is C28H50O5S. The molecule has 0 aliphatic heterocycles. The highest BCUT2D eigenvalue weighted by molar-refractivity contribution is 7.94. The fraction of sp³-hybridized carbons (Fsp3) is 0.786. The molecule has 0 atom stereocenters. The maximum atomic E-state index is 8.42. The van der Waals surface area contributed by atoms with Crippen LogP contribution in [-0.2, 0) is 9.37 Å². The van der Waals surface area contributed by atoms with E-state index in [1.165, 1.54) is 103 Å². The van der Waals surface area contributed by atoms with Crippen LogP contribution in [0.3, 0.4) is 0 Å². The van der Waals surface area contributed by atoms with Crippen LogP contribution in [0.5, 0.6) is 11.5 Å². The molecule has 1 aromatic rings. The second kappa shape index (κ2) is 23.8. The first kappa shape index (κ1) is 31.1. The van der Waals surface area contributed by atoms with E-state index in [4.69, 9.17) is 14.7 Å².